The fraction of sp³-hybridized carbons (Fsp3) is 0.235. The molecule has 0 unspecified atom stereocenters. The number of thiophene rings is 1. The van der Waals surface area contributed by atoms with E-state index in [0.29, 0.717) is 24.0 Å². The summed E-state index contributed by atoms with van der Waals surface area (Å²) in [5.74, 6) is 1.26. The number of halogens is 1. The molecular weight excluding hydrogens is 343 g/mol. The maximum Gasteiger partial charge on any atom is 0.319 e. The molecule has 0 bridgehead atoms. The molecule has 2 heterocycles. The van der Waals surface area contributed by atoms with E-state index in [-0.39, 0.29) is 11.8 Å². The van der Waals surface area contributed by atoms with Crippen molar-refractivity contribution in [3.05, 3.63) is 52.9 Å². The van der Waals surface area contributed by atoms with Gasteiger partial charge in [-0.2, -0.15) is 4.98 Å². The maximum atomic E-state index is 12.9. The maximum absolute atomic E-state index is 12.9. The van der Waals surface area contributed by atoms with Crippen LogP contribution < -0.4 is 10.6 Å². The van der Waals surface area contributed by atoms with Crippen LogP contribution in [-0.2, 0) is 6.54 Å². The van der Waals surface area contributed by atoms with Crippen molar-refractivity contribution in [1.29, 1.82) is 0 Å². The van der Waals surface area contributed by atoms with Gasteiger partial charge in [-0.15, -0.1) is 11.3 Å². The van der Waals surface area contributed by atoms with Gasteiger partial charge in [0.15, 0.2) is 5.82 Å². The first-order chi connectivity index (χ1) is 12.2. The number of benzene rings is 1. The molecule has 0 spiro atoms. The van der Waals surface area contributed by atoms with Gasteiger partial charge in [0.25, 0.3) is 5.89 Å². The lowest BCUT2D eigenvalue weighted by Crippen LogP contribution is -2.28. The Hall–Kier alpha value is -2.74. The molecule has 8 heteroatoms. The second-order valence-electron chi connectivity index (χ2n) is 5.83. The Labute approximate surface area is 147 Å². The third-order valence-electron chi connectivity index (χ3n) is 3.86. The molecule has 1 aliphatic rings. The average molecular weight is 358 g/mol. The number of amides is 2. The number of hydrogen-bond acceptors (Lipinski definition) is 5. The summed E-state index contributed by atoms with van der Waals surface area (Å²) >= 11 is 1.43. The molecule has 0 atom stereocenters. The second kappa shape index (κ2) is 6.64. The molecule has 1 saturated carbocycles. The van der Waals surface area contributed by atoms with Gasteiger partial charge < -0.3 is 15.2 Å². The molecule has 25 heavy (non-hydrogen) atoms. The summed E-state index contributed by atoms with van der Waals surface area (Å²) in [6.45, 7) is 0.304. The second-order valence-corrected chi connectivity index (χ2v) is 6.75. The first-order valence-electron chi connectivity index (χ1n) is 7.90. The van der Waals surface area contributed by atoms with E-state index in [0.717, 1.165) is 29.1 Å². The minimum atomic E-state index is -0.356. The minimum absolute atomic E-state index is 0.304. The molecule has 3 aromatic rings. The van der Waals surface area contributed by atoms with Crippen LogP contribution in [0.25, 0.3) is 10.8 Å². The number of carbonyl (C=O) groups is 1. The van der Waals surface area contributed by atoms with Crippen LogP contribution in [0.15, 0.2) is 40.2 Å². The van der Waals surface area contributed by atoms with E-state index in [1.807, 2.05) is 5.38 Å². The Morgan fingerprint density at radius 3 is 2.84 bits per heavy atom. The number of anilines is 1. The molecule has 1 fully saturated rings. The summed E-state index contributed by atoms with van der Waals surface area (Å²) in [6, 6.07) is 7.41. The van der Waals surface area contributed by atoms with Crippen LogP contribution in [0.5, 0.6) is 0 Å². The monoisotopic (exact) mass is 358 g/mol. The third kappa shape index (κ3) is 3.69. The third-order valence-corrected chi connectivity index (χ3v) is 4.76. The zero-order valence-electron chi connectivity index (χ0n) is 13.2. The number of aromatic nitrogens is 2. The number of hydrogen-bond donors (Lipinski definition) is 2. The summed E-state index contributed by atoms with van der Waals surface area (Å²) < 4.78 is 18.2. The van der Waals surface area contributed by atoms with E-state index < -0.39 is 0 Å². The molecule has 2 aromatic heterocycles. The van der Waals surface area contributed by atoms with Gasteiger partial charge in [-0.25, -0.2) is 9.18 Å². The number of urea groups is 1. The predicted octanol–water partition coefficient (Wildman–Crippen LogP) is 4.14. The summed E-state index contributed by atoms with van der Waals surface area (Å²) in [7, 11) is 0. The van der Waals surface area contributed by atoms with Crippen molar-refractivity contribution in [2.75, 3.05) is 5.32 Å². The highest BCUT2D eigenvalue weighted by Gasteiger charge is 2.29. The minimum Gasteiger partial charge on any atom is -0.334 e. The van der Waals surface area contributed by atoms with Crippen molar-refractivity contribution in [1.82, 2.24) is 15.5 Å². The quantitative estimate of drug-likeness (QED) is 0.718. The van der Waals surface area contributed by atoms with Gasteiger partial charge in [0.05, 0.1) is 5.69 Å². The van der Waals surface area contributed by atoms with Crippen LogP contribution in [0.1, 0.15) is 30.1 Å². The normalized spacial score (nSPS) is 13.6. The Morgan fingerprint density at radius 1 is 1.28 bits per heavy atom. The molecule has 0 saturated heterocycles. The van der Waals surface area contributed by atoms with Crippen LogP contribution in [0, 0.1) is 5.82 Å². The van der Waals surface area contributed by atoms with Crippen LogP contribution in [0.4, 0.5) is 14.9 Å². The predicted molar refractivity (Wildman–Crippen MR) is 91.8 cm³/mol. The lowest BCUT2D eigenvalue weighted by Gasteiger charge is -2.07. The SMILES string of the molecule is O=C(NCc1ccc(F)cc1)Nc1ccsc1-c1nc(C2CC2)no1. The first kappa shape index (κ1) is 15.8. The van der Waals surface area contributed by atoms with Gasteiger partial charge >= 0.3 is 6.03 Å². The van der Waals surface area contributed by atoms with Crippen molar-refractivity contribution in [3.8, 4) is 10.8 Å². The molecule has 0 radical (unpaired) electrons. The highest BCUT2D eigenvalue weighted by Crippen LogP contribution is 2.40. The van der Waals surface area contributed by atoms with E-state index in [2.05, 4.69) is 20.8 Å². The van der Waals surface area contributed by atoms with Crippen molar-refractivity contribution in [3.63, 3.8) is 0 Å². The van der Waals surface area contributed by atoms with Crippen LogP contribution in [-0.4, -0.2) is 16.2 Å². The Balaban J connectivity index is 1.39. The van der Waals surface area contributed by atoms with Crippen LogP contribution in [0.3, 0.4) is 0 Å². The van der Waals surface area contributed by atoms with Gasteiger partial charge in [0, 0.05) is 12.5 Å². The van der Waals surface area contributed by atoms with Gasteiger partial charge in [0.1, 0.15) is 10.7 Å². The lowest BCUT2D eigenvalue weighted by atomic mass is 10.2. The molecule has 128 valence electrons. The number of nitrogens with one attached hydrogen (secondary N) is 2. The van der Waals surface area contributed by atoms with E-state index >= 15 is 0 Å². The molecule has 4 rings (SSSR count). The highest BCUT2D eigenvalue weighted by molar-refractivity contribution is 7.14. The topological polar surface area (TPSA) is 80.0 Å². The van der Waals surface area contributed by atoms with Crippen molar-refractivity contribution < 1.29 is 13.7 Å². The van der Waals surface area contributed by atoms with Crippen LogP contribution in [0.2, 0.25) is 0 Å². The zero-order valence-corrected chi connectivity index (χ0v) is 14.0. The highest BCUT2D eigenvalue weighted by atomic mass is 32.1. The number of rotatable bonds is 5. The summed E-state index contributed by atoms with van der Waals surface area (Å²) in [6.07, 6.45) is 2.20. The van der Waals surface area contributed by atoms with E-state index in [9.17, 15) is 9.18 Å². The molecule has 1 aromatic carbocycles. The largest absolute Gasteiger partial charge is 0.334 e. The van der Waals surface area contributed by atoms with Gasteiger partial charge in [0.2, 0.25) is 0 Å². The van der Waals surface area contributed by atoms with E-state index in [1.54, 1.807) is 18.2 Å². The van der Waals surface area contributed by atoms with Gasteiger partial charge in [-0.1, -0.05) is 17.3 Å². The molecule has 1 aliphatic carbocycles. The molecule has 0 aliphatic heterocycles. The number of nitrogens with zero attached hydrogens (tertiary/aromatic N) is 2. The Bertz CT molecular complexity index is 886. The summed E-state index contributed by atoms with van der Waals surface area (Å²) in [5, 5.41) is 11.4. The molecule has 6 nitrogen and oxygen atoms in total. The Kier molecular flexibility index (Phi) is 4.19. The summed E-state index contributed by atoms with van der Waals surface area (Å²) in [4.78, 5) is 17.2. The van der Waals surface area contributed by atoms with Gasteiger partial charge in [-0.3, -0.25) is 0 Å². The average Bonchev–Trinajstić information content (AvgIpc) is 3.16. The van der Waals surface area contributed by atoms with E-state index in [4.69, 9.17) is 4.52 Å². The fourth-order valence-corrected chi connectivity index (χ4v) is 3.13. The fourth-order valence-electron chi connectivity index (χ4n) is 2.36. The lowest BCUT2D eigenvalue weighted by molar-refractivity contribution is 0.252. The zero-order chi connectivity index (χ0) is 17.2. The first-order valence-corrected chi connectivity index (χ1v) is 8.78. The van der Waals surface area contributed by atoms with Crippen molar-refractivity contribution >= 4 is 23.1 Å². The van der Waals surface area contributed by atoms with E-state index in [1.165, 1.54) is 23.5 Å². The van der Waals surface area contributed by atoms with Crippen molar-refractivity contribution in [2.45, 2.75) is 25.3 Å². The van der Waals surface area contributed by atoms with Gasteiger partial charge in [-0.05, 0) is 42.0 Å². The number of carbonyl (C=O) groups excluding carboxylic acids is 1. The molecular formula is C17H15FN4O2S. The smallest absolute Gasteiger partial charge is 0.319 e. The molecule has 2 N–H and O–H groups in total. The summed E-state index contributed by atoms with van der Waals surface area (Å²) in [5.41, 5.74) is 1.43. The molecule has 2 amide bonds. The van der Waals surface area contributed by atoms with Crippen LogP contribution >= 0.6 is 11.3 Å². The Morgan fingerprint density at radius 2 is 2.08 bits per heavy atom. The van der Waals surface area contributed by atoms with Crippen molar-refractivity contribution in [2.24, 2.45) is 0 Å². The standard InChI is InChI=1S/C17H15FN4O2S/c18-12-5-1-10(2-6-12)9-19-17(23)20-13-7-8-25-14(13)16-21-15(22-24-16)11-3-4-11/h1-2,5-8,11H,3-4,9H2,(H2,19,20,23).